The summed E-state index contributed by atoms with van der Waals surface area (Å²) in [4.78, 5) is 14.5. The van der Waals surface area contributed by atoms with Gasteiger partial charge in [-0.25, -0.2) is 0 Å². The second-order valence-electron chi connectivity index (χ2n) is 6.30. The second-order valence-corrected chi connectivity index (χ2v) is 6.30. The molecule has 1 heterocycles. The van der Waals surface area contributed by atoms with E-state index in [0.717, 1.165) is 31.1 Å². The Hall–Kier alpha value is -1.81. The maximum Gasteiger partial charge on any atom is 0.253 e. The fraction of sp³-hybridized carbons (Fsp3) is 0.526. The molecule has 1 unspecified atom stereocenters. The van der Waals surface area contributed by atoms with E-state index in [1.807, 2.05) is 12.1 Å². The maximum absolute atomic E-state index is 12.1. The van der Waals surface area contributed by atoms with Gasteiger partial charge in [0, 0.05) is 24.5 Å². The van der Waals surface area contributed by atoms with E-state index in [0.29, 0.717) is 6.61 Å². The molecule has 4 heteroatoms. The summed E-state index contributed by atoms with van der Waals surface area (Å²) in [5.74, 6) is 0.709. The van der Waals surface area contributed by atoms with Crippen molar-refractivity contribution in [3.8, 4) is 0 Å². The minimum atomic E-state index is -0.460. The largest absolute Gasteiger partial charge is 0.372 e. The lowest BCUT2D eigenvalue weighted by molar-refractivity contribution is -0.126. The molecule has 0 saturated carbocycles. The first-order valence-corrected chi connectivity index (χ1v) is 8.48. The van der Waals surface area contributed by atoms with Crippen LogP contribution in [0.1, 0.15) is 33.1 Å². The second kappa shape index (κ2) is 8.73. The van der Waals surface area contributed by atoms with Crippen LogP contribution in [0.15, 0.2) is 36.9 Å². The van der Waals surface area contributed by atoms with Crippen LogP contribution < -0.4 is 10.2 Å². The lowest BCUT2D eigenvalue weighted by atomic mass is 9.99. The third-order valence-electron chi connectivity index (χ3n) is 4.34. The lowest BCUT2D eigenvalue weighted by Crippen LogP contribution is -2.32. The van der Waals surface area contributed by atoms with E-state index < -0.39 is 6.10 Å². The van der Waals surface area contributed by atoms with E-state index in [9.17, 15) is 4.79 Å². The fourth-order valence-corrected chi connectivity index (χ4v) is 2.67. The van der Waals surface area contributed by atoms with Gasteiger partial charge < -0.3 is 15.0 Å². The molecule has 0 spiro atoms. The van der Waals surface area contributed by atoms with Gasteiger partial charge >= 0.3 is 0 Å². The molecular formula is C19H28N2O2. The van der Waals surface area contributed by atoms with Crippen molar-refractivity contribution in [2.75, 3.05) is 29.9 Å². The highest BCUT2D eigenvalue weighted by molar-refractivity contribution is 5.94. The number of nitrogens with one attached hydrogen (secondary N) is 1. The van der Waals surface area contributed by atoms with Crippen molar-refractivity contribution >= 4 is 17.3 Å². The summed E-state index contributed by atoms with van der Waals surface area (Å²) in [7, 11) is 0. The number of carbonyl (C=O) groups is 1. The number of nitrogens with zero attached hydrogens (tertiary/aromatic N) is 1. The van der Waals surface area contributed by atoms with Gasteiger partial charge in [-0.3, -0.25) is 4.79 Å². The van der Waals surface area contributed by atoms with Gasteiger partial charge in [-0.2, -0.15) is 0 Å². The number of hydrogen-bond acceptors (Lipinski definition) is 3. The summed E-state index contributed by atoms with van der Waals surface area (Å²) in [6.45, 7) is 10.5. The number of anilines is 2. The van der Waals surface area contributed by atoms with Gasteiger partial charge in [0.1, 0.15) is 6.10 Å². The van der Waals surface area contributed by atoms with Crippen LogP contribution in [-0.2, 0) is 9.53 Å². The summed E-state index contributed by atoms with van der Waals surface area (Å²) in [5.41, 5.74) is 2.04. The molecule has 4 nitrogen and oxygen atoms in total. The summed E-state index contributed by atoms with van der Waals surface area (Å²) >= 11 is 0. The zero-order chi connectivity index (χ0) is 16.7. The monoisotopic (exact) mass is 316 g/mol. The van der Waals surface area contributed by atoms with Crippen molar-refractivity contribution in [2.45, 2.75) is 39.2 Å². The molecule has 0 aromatic heterocycles. The third kappa shape index (κ3) is 5.39. The summed E-state index contributed by atoms with van der Waals surface area (Å²) in [6, 6.07) is 8.08. The standard InChI is InChI=1S/C19H28N2O2/c1-4-5-14-23-16(3)19(22)20-17-6-8-18(9-7-17)21-12-10-15(2)11-13-21/h4,6-9,15-16H,1,5,10-14H2,2-3H3,(H,20,22). The van der Waals surface area contributed by atoms with Crippen molar-refractivity contribution in [1.82, 2.24) is 0 Å². The van der Waals surface area contributed by atoms with Gasteiger partial charge in [0.05, 0.1) is 6.61 Å². The molecule has 2 rings (SSSR count). The molecule has 1 amide bonds. The van der Waals surface area contributed by atoms with Crippen molar-refractivity contribution in [2.24, 2.45) is 5.92 Å². The topological polar surface area (TPSA) is 41.6 Å². The van der Waals surface area contributed by atoms with Crippen molar-refractivity contribution < 1.29 is 9.53 Å². The van der Waals surface area contributed by atoms with Crippen LogP contribution in [0, 0.1) is 5.92 Å². The van der Waals surface area contributed by atoms with Crippen LogP contribution in [0.3, 0.4) is 0 Å². The Morgan fingerprint density at radius 3 is 2.65 bits per heavy atom. The number of benzene rings is 1. The number of rotatable bonds is 7. The first-order valence-electron chi connectivity index (χ1n) is 8.48. The molecular weight excluding hydrogens is 288 g/mol. The molecule has 1 aliphatic rings. The van der Waals surface area contributed by atoms with Crippen molar-refractivity contribution in [3.05, 3.63) is 36.9 Å². The molecule has 0 aliphatic carbocycles. The molecule has 1 saturated heterocycles. The van der Waals surface area contributed by atoms with E-state index in [-0.39, 0.29) is 5.91 Å². The summed E-state index contributed by atoms with van der Waals surface area (Å²) < 4.78 is 5.45. The van der Waals surface area contributed by atoms with Crippen molar-refractivity contribution in [1.29, 1.82) is 0 Å². The van der Waals surface area contributed by atoms with E-state index in [1.54, 1.807) is 13.0 Å². The quantitative estimate of drug-likeness (QED) is 0.614. The van der Waals surface area contributed by atoms with Gasteiger partial charge in [-0.15, -0.1) is 6.58 Å². The van der Waals surface area contributed by atoms with Crippen LogP contribution in [0.25, 0.3) is 0 Å². The molecule has 0 bridgehead atoms. The highest BCUT2D eigenvalue weighted by Gasteiger charge is 2.16. The first kappa shape index (κ1) is 17.5. The van der Waals surface area contributed by atoms with Gasteiger partial charge in [0.15, 0.2) is 0 Å². The van der Waals surface area contributed by atoms with E-state index in [4.69, 9.17) is 4.74 Å². The molecule has 126 valence electrons. The van der Waals surface area contributed by atoms with E-state index in [2.05, 4.69) is 35.9 Å². The molecule has 0 radical (unpaired) electrons. The van der Waals surface area contributed by atoms with Gasteiger partial charge in [0.2, 0.25) is 0 Å². The number of hydrogen-bond donors (Lipinski definition) is 1. The predicted molar refractivity (Wildman–Crippen MR) is 95.9 cm³/mol. The Balaban J connectivity index is 1.84. The average molecular weight is 316 g/mol. The predicted octanol–water partition coefficient (Wildman–Crippen LogP) is 3.84. The highest BCUT2D eigenvalue weighted by Crippen LogP contribution is 2.24. The smallest absolute Gasteiger partial charge is 0.253 e. The number of ether oxygens (including phenoxy) is 1. The summed E-state index contributed by atoms with van der Waals surface area (Å²) in [6.07, 6.45) is 4.57. The third-order valence-corrected chi connectivity index (χ3v) is 4.34. The number of amides is 1. The van der Waals surface area contributed by atoms with E-state index >= 15 is 0 Å². The highest BCUT2D eigenvalue weighted by atomic mass is 16.5. The fourth-order valence-electron chi connectivity index (χ4n) is 2.67. The van der Waals surface area contributed by atoms with Gasteiger partial charge in [-0.1, -0.05) is 13.0 Å². The zero-order valence-corrected chi connectivity index (χ0v) is 14.3. The Morgan fingerprint density at radius 2 is 2.04 bits per heavy atom. The van der Waals surface area contributed by atoms with Crippen LogP contribution >= 0.6 is 0 Å². The normalized spacial score (nSPS) is 16.9. The molecule has 1 fully saturated rings. The minimum Gasteiger partial charge on any atom is -0.372 e. The van der Waals surface area contributed by atoms with Crippen molar-refractivity contribution in [3.63, 3.8) is 0 Å². The molecule has 1 aliphatic heterocycles. The number of piperidine rings is 1. The molecule has 1 aromatic rings. The Morgan fingerprint density at radius 1 is 1.39 bits per heavy atom. The zero-order valence-electron chi connectivity index (χ0n) is 14.3. The Bertz CT molecular complexity index is 505. The first-order chi connectivity index (χ1) is 11.1. The number of carbonyl (C=O) groups excluding carboxylic acids is 1. The summed E-state index contributed by atoms with van der Waals surface area (Å²) in [5, 5.41) is 2.90. The van der Waals surface area contributed by atoms with E-state index in [1.165, 1.54) is 18.5 Å². The minimum absolute atomic E-state index is 0.117. The SMILES string of the molecule is C=CCCOC(C)C(=O)Nc1ccc(N2CCC(C)CC2)cc1. The van der Waals surface area contributed by atoms with Gasteiger partial charge in [0.25, 0.3) is 5.91 Å². The van der Waals surface area contributed by atoms with Crippen LogP contribution in [-0.4, -0.2) is 31.7 Å². The van der Waals surface area contributed by atoms with Crippen LogP contribution in [0.4, 0.5) is 11.4 Å². The molecule has 1 N–H and O–H groups in total. The molecule has 1 aromatic carbocycles. The Labute approximate surface area is 139 Å². The molecule has 1 atom stereocenters. The van der Waals surface area contributed by atoms with Crippen LogP contribution in [0.5, 0.6) is 0 Å². The maximum atomic E-state index is 12.1. The lowest BCUT2D eigenvalue weighted by Gasteiger charge is -2.32. The van der Waals surface area contributed by atoms with Crippen LogP contribution in [0.2, 0.25) is 0 Å². The molecule has 23 heavy (non-hydrogen) atoms. The van der Waals surface area contributed by atoms with Gasteiger partial charge in [-0.05, 0) is 56.4 Å². The Kier molecular flexibility index (Phi) is 6.66. The average Bonchev–Trinajstić information content (AvgIpc) is 2.56.